The lowest BCUT2D eigenvalue weighted by Gasteiger charge is -2.41. The molecule has 104 valence electrons. The highest BCUT2D eigenvalue weighted by Gasteiger charge is 2.28. The van der Waals surface area contributed by atoms with Gasteiger partial charge in [0.25, 0.3) is 0 Å². The molecule has 5 heteroatoms. The fraction of sp³-hybridized carbons (Fsp3) is 0.500. The number of carboxylic acid groups (broad SMARTS) is 1. The Kier molecular flexibility index (Phi) is 4.47. The van der Waals surface area contributed by atoms with Gasteiger partial charge in [-0.25, -0.2) is 0 Å². The van der Waals surface area contributed by atoms with E-state index in [-0.39, 0.29) is 12.5 Å². The van der Waals surface area contributed by atoms with E-state index in [1.165, 1.54) is 5.56 Å². The second-order valence-corrected chi connectivity index (χ2v) is 6.02. The molecule has 1 fully saturated rings. The van der Waals surface area contributed by atoms with Crippen molar-refractivity contribution < 1.29 is 9.90 Å². The van der Waals surface area contributed by atoms with Crippen molar-refractivity contribution >= 4 is 27.6 Å². The zero-order valence-electron chi connectivity index (χ0n) is 11.2. The van der Waals surface area contributed by atoms with Crippen LogP contribution in [0.5, 0.6) is 0 Å². The van der Waals surface area contributed by atoms with Gasteiger partial charge in [0, 0.05) is 23.6 Å². The molecule has 2 atom stereocenters. The highest BCUT2D eigenvalue weighted by atomic mass is 79.9. The Labute approximate surface area is 121 Å². The molecule has 2 rings (SSSR count). The molecule has 1 aromatic carbocycles. The molecule has 0 spiro atoms. The van der Waals surface area contributed by atoms with Gasteiger partial charge in [0.05, 0.1) is 18.2 Å². The average Bonchev–Trinajstić information content (AvgIpc) is 2.31. The van der Waals surface area contributed by atoms with Gasteiger partial charge in [0.1, 0.15) is 0 Å². The second kappa shape index (κ2) is 5.92. The fourth-order valence-electron chi connectivity index (χ4n) is 2.48. The highest BCUT2D eigenvalue weighted by molar-refractivity contribution is 9.10. The lowest BCUT2D eigenvalue weighted by Crippen LogP contribution is -2.56. The lowest BCUT2D eigenvalue weighted by molar-refractivity contribution is -0.137. The molecule has 1 saturated heterocycles. The van der Waals surface area contributed by atoms with Gasteiger partial charge >= 0.3 is 5.97 Å². The summed E-state index contributed by atoms with van der Waals surface area (Å²) in [4.78, 5) is 13.2. The van der Waals surface area contributed by atoms with E-state index in [4.69, 9.17) is 5.11 Å². The number of aryl methyl sites for hydroxylation is 1. The van der Waals surface area contributed by atoms with Crippen LogP contribution in [0.25, 0.3) is 0 Å². The highest BCUT2D eigenvalue weighted by Crippen LogP contribution is 2.30. The van der Waals surface area contributed by atoms with E-state index in [2.05, 4.69) is 51.3 Å². The van der Waals surface area contributed by atoms with E-state index in [0.29, 0.717) is 12.6 Å². The van der Waals surface area contributed by atoms with Crippen LogP contribution < -0.4 is 10.2 Å². The summed E-state index contributed by atoms with van der Waals surface area (Å²) in [5.41, 5.74) is 2.26. The largest absolute Gasteiger partial charge is 0.481 e. The molecule has 2 unspecified atom stereocenters. The number of benzene rings is 1. The van der Waals surface area contributed by atoms with Gasteiger partial charge < -0.3 is 15.3 Å². The molecule has 1 heterocycles. The Morgan fingerprint density at radius 1 is 1.58 bits per heavy atom. The van der Waals surface area contributed by atoms with Gasteiger partial charge in [-0.15, -0.1) is 0 Å². The van der Waals surface area contributed by atoms with Crippen molar-refractivity contribution in [3.63, 3.8) is 0 Å². The van der Waals surface area contributed by atoms with E-state index < -0.39 is 5.97 Å². The fourth-order valence-corrected chi connectivity index (χ4v) is 3.20. The maximum absolute atomic E-state index is 11.0. The van der Waals surface area contributed by atoms with Crippen molar-refractivity contribution in [2.24, 2.45) is 0 Å². The maximum atomic E-state index is 11.0. The molecule has 19 heavy (non-hydrogen) atoms. The summed E-state index contributed by atoms with van der Waals surface area (Å²) in [6, 6.07) is 6.54. The molecule has 0 saturated carbocycles. The monoisotopic (exact) mass is 326 g/mol. The molecule has 0 aromatic heterocycles. The molecule has 0 radical (unpaired) electrons. The summed E-state index contributed by atoms with van der Waals surface area (Å²) in [5, 5.41) is 12.4. The van der Waals surface area contributed by atoms with Crippen LogP contribution in [0.15, 0.2) is 22.7 Å². The van der Waals surface area contributed by atoms with Gasteiger partial charge in [0.2, 0.25) is 0 Å². The van der Waals surface area contributed by atoms with E-state index in [1.54, 1.807) is 0 Å². The third-order valence-electron chi connectivity index (χ3n) is 3.44. The summed E-state index contributed by atoms with van der Waals surface area (Å²) in [6.45, 7) is 5.68. The minimum Gasteiger partial charge on any atom is -0.481 e. The number of hydrogen-bond acceptors (Lipinski definition) is 3. The first-order valence-corrected chi connectivity index (χ1v) is 7.24. The number of nitrogens with zero attached hydrogens (tertiary/aromatic N) is 1. The standard InChI is InChI=1S/C14H19BrN2O2/c1-9-3-4-13(12(15)5-9)17-8-10(2)16-7-11(17)6-14(18)19/h3-5,10-11,16H,6-8H2,1-2H3,(H,18,19). The lowest BCUT2D eigenvalue weighted by atomic mass is 10.0. The van der Waals surface area contributed by atoms with Crippen molar-refractivity contribution in [3.05, 3.63) is 28.2 Å². The summed E-state index contributed by atoms with van der Waals surface area (Å²) < 4.78 is 1.02. The Hall–Kier alpha value is -1.07. The summed E-state index contributed by atoms with van der Waals surface area (Å²) in [5.74, 6) is -0.755. The van der Waals surface area contributed by atoms with Crippen LogP contribution in [-0.4, -0.2) is 36.2 Å². The van der Waals surface area contributed by atoms with Crippen molar-refractivity contribution in [1.82, 2.24) is 5.32 Å². The number of hydrogen-bond donors (Lipinski definition) is 2. The van der Waals surface area contributed by atoms with Crippen molar-refractivity contribution in [2.75, 3.05) is 18.0 Å². The van der Waals surface area contributed by atoms with Crippen LogP contribution in [0.3, 0.4) is 0 Å². The van der Waals surface area contributed by atoms with E-state index in [9.17, 15) is 4.79 Å². The molecule has 0 amide bonds. The first-order valence-electron chi connectivity index (χ1n) is 6.45. The third kappa shape index (κ3) is 3.48. The Morgan fingerprint density at radius 3 is 2.95 bits per heavy atom. The molecule has 4 nitrogen and oxygen atoms in total. The van der Waals surface area contributed by atoms with Crippen LogP contribution >= 0.6 is 15.9 Å². The molecule has 0 bridgehead atoms. The first-order chi connectivity index (χ1) is 8.97. The van der Waals surface area contributed by atoms with Gasteiger partial charge in [-0.05, 0) is 47.5 Å². The Bertz CT molecular complexity index is 479. The Balaban J connectivity index is 2.28. The zero-order valence-corrected chi connectivity index (χ0v) is 12.8. The number of rotatable bonds is 3. The SMILES string of the molecule is Cc1ccc(N2CC(C)NCC2CC(=O)O)c(Br)c1. The van der Waals surface area contributed by atoms with Gasteiger partial charge in [-0.3, -0.25) is 4.79 Å². The van der Waals surface area contributed by atoms with Crippen LogP contribution in [0.4, 0.5) is 5.69 Å². The predicted molar refractivity (Wildman–Crippen MR) is 79.7 cm³/mol. The average molecular weight is 327 g/mol. The molecular weight excluding hydrogens is 308 g/mol. The van der Waals surface area contributed by atoms with Crippen LogP contribution in [0, 0.1) is 6.92 Å². The molecule has 1 aliphatic rings. The normalized spacial score (nSPS) is 23.4. The molecule has 0 aliphatic carbocycles. The number of nitrogens with one attached hydrogen (secondary N) is 1. The number of piperazine rings is 1. The smallest absolute Gasteiger partial charge is 0.305 e. The van der Waals surface area contributed by atoms with Crippen molar-refractivity contribution in [2.45, 2.75) is 32.4 Å². The number of halogens is 1. The number of carboxylic acids is 1. The van der Waals surface area contributed by atoms with Crippen LogP contribution in [0.2, 0.25) is 0 Å². The molecular formula is C14H19BrN2O2. The third-order valence-corrected chi connectivity index (χ3v) is 4.07. The van der Waals surface area contributed by atoms with Crippen LogP contribution in [-0.2, 0) is 4.79 Å². The predicted octanol–water partition coefficient (Wildman–Crippen LogP) is 2.40. The summed E-state index contributed by atoms with van der Waals surface area (Å²) in [7, 11) is 0. The van der Waals surface area contributed by atoms with E-state index >= 15 is 0 Å². The quantitative estimate of drug-likeness (QED) is 0.895. The van der Waals surface area contributed by atoms with Crippen molar-refractivity contribution in [3.8, 4) is 0 Å². The number of anilines is 1. The molecule has 1 aliphatic heterocycles. The van der Waals surface area contributed by atoms with E-state index in [0.717, 1.165) is 16.7 Å². The van der Waals surface area contributed by atoms with Gasteiger partial charge in [-0.2, -0.15) is 0 Å². The minimum atomic E-state index is -0.755. The number of aliphatic carboxylic acids is 1. The first kappa shape index (κ1) is 14.3. The van der Waals surface area contributed by atoms with Crippen LogP contribution in [0.1, 0.15) is 18.9 Å². The summed E-state index contributed by atoms with van der Waals surface area (Å²) >= 11 is 3.59. The second-order valence-electron chi connectivity index (χ2n) is 5.17. The van der Waals surface area contributed by atoms with Gasteiger partial charge in [0.15, 0.2) is 0 Å². The zero-order chi connectivity index (χ0) is 14.0. The van der Waals surface area contributed by atoms with Crippen molar-refractivity contribution in [1.29, 1.82) is 0 Å². The minimum absolute atomic E-state index is 0.00675. The number of carbonyl (C=O) groups is 1. The van der Waals surface area contributed by atoms with Gasteiger partial charge in [-0.1, -0.05) is 6.07 Å². The topological polar surface area (TPSA) is 52.6 Å². The maximum Gasteiger partial charge on any atom is 0.305 e. The van der Waals surface area contributed by atoms with E-state index in [1.807, 2.05) is 6.92 Å². The summed E-state index contributed by atoms with van der Waals surface area (Å²) in [6.07, 6.45) is 0.153. The Morgan fingerprint density at radius 2 is 2.32 bits per heavy atom. The molecule has 2 N–H and O–H groups in total. The molecule has 1 aromatic rings.